The van der Waals surface area contributed by atoms with Crippen molar-refractivity contribution in [3.63, 3.8) is 0 Å². The summed E-state index contributed by atoms with van der Waals surface area (Å²) in [6.45, 7) is 2.01. The highest BCUT2D eigenvalue weighted by atomic mass is 127. The third kappa shape index (κ3) is 4.51. The topological polar surface area (TPSA) is 54.6 Å². The van der Waals surface area contributed by atoms with Crippen LogP contribution in [-0.2, 0) is 11.2 Å². The summed E-state index contributed by atoms with van der Waals surface area (Å²) in [5, 5.41) is 3.85. The lowest BCUT2D eigenvalue weighted by Gasteiger charge is -2.00. The van der Waals surface area contributed by atoms with E-state index in [4.69, 9.17) is 4.42 Å². The number of aryl methyl sites for hydroxylation is 1. The zero-order valence-electron chi connectivity index (χ0n) is 10.4. The minimum absolute atomic E-state index is 0.152. The van der Waals surface area contributed by atoms with Crippen molar-refractivity contribution in [2.45, 2.75) is 13.3 Å². The highest BCUT2D eigenvalue weighted by Crippen LogP contribution is 2.07. The van der Waals surface area contributed by atoms with Crippen LogP contribution >= 0.6 is 22.6 Å². The molecule has 0 aliphatic carbocycles. The average molecular weight is 368 g/mol. The number of halogens is 1. The molecular formula is C14H13IN2O2. The maximum absolute atomic E-state index is 11.6. The molecule has 1 heterocycles. The molecule has 0 aliphatic heterocycles. The predicted molar refractivity (Wildman–Crippen MR) is 82.0 cm³/mol. The molecule has 2 rings (SSSR count). The van der Waals surface area contributed by atoms with Crippen molar-refractivity contribution in [1.82, 2.24) is 5.43 Å². The number of rotatable bonds is 4. The van der Waals surface area contributed by atoms with Crippen LogP contribution in [0.5, 0.6) is 0 Å². The Hall–Kier alpha value is -1.63. The van der Waals surface area contributed by atoms with Gasteiger partial charge in [-0.15, -0.1) is 0 Å². The first-order valence-corrected chi connectivity index (χ1v) is 6.84. The quantitative estimate of drug-likeness (QED) is 0.513. The molecule has 4 nitrogen and oxygen atoms in total. The van der Waals surface area contributed by atoms with Gasteiger partial charge in [-0.05, 0) is 47.2 Å². The molecule has 0 fully saturated rings. The summed E-state index contributed by atoms with van der Waals surface area (Å²) >= 11 is 2.07. The fourth-order valence-corrected chi connectivity index (χ4v) is 1.93. The minimum atomic E-state index is -0.152. The van der Waals surface area contributed by atoms with Crippen molar-refractivity contribution < 1.29 is 9.21 Å². The fraction of sp³-hybridized carbons (Fsp3) is 0.143. The molecule has 0 bridgehead atoms. The second-order valence-electron chi connectivity index (χ2n) is 4.10. The number of nitrogens with one attached hydrogen (secondary N) is 1. The van der Waals surface area contributed by atoms with E-state index in [9.17, 15) is 4.79 Å². The molecule has 0 atom stereocenters. The van der Waals surface area contributed by atoms with Crippen LogP contribution in [0.1, 0.15) is 16.9 Å². The molecule has 1 N–H and O–H groups in total. The molecule has 2 aromatic rings. The number of hydrogen-bond acceptors (Lipinski definition) is 3. The van der Waals surface area contributed by atoms with Gasteiger partial charge in [-0.25, -0.2) is 5.43 Å². The average Bonchev–Trinajstić information content (AvgIpc) is 2.78. The Kier molecular flexibility index (Phi) is 4.73. The van der Waals surface area contributed by atoms with Crippen molar-refractivity contribution in [2.75, 3.05) is 0 Å². The third-order valence-electron chi connectivity index (χ3n) is 2.46. The molecule has 1 aromatic carbocycles. The predicted octanol–water partition coefficient (Wildman–Crippen LogP) is 2.89. The van der Waals surface area contributed by atoms with Crippen molar-refractivity contribution in [1.29, 1.82) is 0 Å². The second-order valence-corrected chi connectivity index (χ2v) is 5.16. The first-order valence-electron chi connectivity index (χ1n) is 5.76. The van der Waals surface area contributed by atoms with E-state index in [-0.39, 0.29) is 5.91 Å². The second kappa shape index (κ2) is 6.51. The number of furan rings is 1. The number of benzene rings is 1. The number of carbonyl (C=O) groups excluding carboxylic acids is 1. The van der Waals surface area contributed by atoms with Crippen LogP contribution in [-0.4, -0.2) is 12.1 Å². The van der Waals surface area contributed by atoms with Crippen LogP contribution < -0.4 is 5.43 Å². The van der Waals surface area contributed by atoms with Crippen LogP contribution in [0.25, 0.3) is 0 Å². The van der Waals surface area contributed by atoms with E-state index in [1.807, 2.05) is 37.3 Å². The first kappa shape index (κ1) is 13.8. The highest BCUT2D eigenvalue weighted by molar-refractivity contribution is 14.1. The van der Waals surface area contributed by atoms with Crippen LogP contribution in [0, 0.1) is 10.7 Å². The summed E-state index contributed by atoms with van der Waals surface area (Å²) < 4.78 is 6.07. The number of amides is 1. The molecule has 19 heavy (non-hydrogen) atoms. The van der Waals surface area contributed by atoms with Gasteiger partial charge >= 0.3 is 0 Å². The lowest BCUT2D eigenvalue weighted by Crippen LogP contribution is -2.19. The summed E-state index contributed by atoms with van der Waals surface area (Å²) in [5.74, 6) is 0.460. The molecule has 0 saturated carbocycles. The normalized spacial score (nSPS) is 10.8. The Balaban J connectivity index is 1.84. The Bertz CT molecular complexity index is 588. The van der Waals surface area contributed by atoms with Crippen molar-refractivity contribution in [3.8, 4) is 0 Å². The van der Waals surface area contributed by atoms with Gasteiger partial charge in [0.05, 0.1) is 12.6 Å². The smallest absolute Gasteiger partial charge is 0.244 e. The molecule has 0 radical (unpaired) electrons. The van der Waals surface area contributed by atoms with Gasteiger partial charge in [-0.3, -0.25) is 4.79 Å². The van der Waals surface area contributed by atoms with Gasteiger partial charge in [0.1, 0.15) is 5.76 Å². The molecule has 5 heteroatoms. The Labute approximate surface area is 125 Å². The fourth-order valence-electron chi connectivity index (χ4n) is 1.50. The van der Waals surface area contributed by atoms with E-state index in [2.05, 4.69) is 33.1 Å². The van der Waals surface area contributed by atoms with E-state index in [1.165, 1.54) is 11.8 Å². The Morgan fingerprint density at radius 2 is 2.05 bits per heavy atom. The number of carbonyl (C=O) groups is 1. The monoisotopic (exact) mass is 368 g/mol. The van der Waals surface area contributed by atoms with Crippen LogP contribution in [0.15, 0.2) is 45.9 Å². The van der Waals surface area contributed by atoms with Gasteiger partial charge in [-0.2, -0.15) is 5.10 Å². The van der Waals surface area contributed by atoms with Gasteiger partial charge in [-0.1, -0.05) is 29.8 Å². The molecule has 0 aliphatic rings. The van der Waals surface area contributed by atoms with Crippen molar-refractivity contribution in [2.24, 2.45) is 5.10 Å². The van der Waals surface area contributed by atoms with Gasteiger partial charge < -0.3 is 4.42 Å². The van der Waals surface area contributed by atoms with Crippen LogP contribution in [0.2, 0.25) is 0 Å². The number of hydrazone groups is 1. The van der Waals surface area contributed by atoms with Crippen molar-refractivity contribution in [3.05, 3.63) is 57.1 Å². The standard InChI is InChI=1S/C14H13IN2O2/c1-10-2-4-11(5-3-10)8-14(18)17-16-9-12-6-7-13(15)19-12/h2-7,9H,8H2,1H3,(H,17,18)/b16-9-. The largest absolute Gasteiger partial charge is 0.449 e. The molecule has 0 spiro atoms. The van der Waals surface area contributed by atoms with Gasteiger partial charge in [0.2, 0.25) is 5.91 Å². The third-order valence-corrected chi connectivity index (χ3v) is 3.04. The lowest BCUT2D eigenvalue weighted by molar-refractivity contribution is -0.120. The number of nitrogens with zero attached hydrogens (tertiary/aromatic N) is 1. The SMILES string of the molecule is Cc1ccc(CC(=O)N/N=C\c2ccc(I)o2)cc1. The summed E-state index contributed by atoms with van der Waals surface area (Å²) in [4.78, 5) is 11.6. The van der Waals surface area contributed by atoms with Crippen LogP contribution in [0.4, 0.5) is 0 Å². The highest BCUT2D eigenvalue weighted by Gasteiger charge is 2.01. The molecule has 98 valence electrons. The maximum Gasteiger partial charge on any atom is 0.244 e. The molecule has 1 aromatic heterocycles. The number of hydrogen-bond donors (Lipinski definition) is 1. The van der Waals surface area contributed by atoms with E-state index in [0.717, 1.165) is 9.33 Å². The van der Waals surface area contributed by atoms with Crippen LogP contribution in [0.3, 0.4) is 0 Å². The van der Waals surface area contributed by atoms with Gasteiger partial charge in [0.15, 0.2) is 3.77 Å². The Morgan fingerprint density at radius 1 is 1.32 bits per heavy atom. The summed E-state index contributed by atoms with van der Waals surface area (Å²) in [7, 11) is 0. The molecule has 1 amide bonds. The zero-order valence-corrected chi connectivity index (χ0v) is 12.5. The molecular weight excluding hydrogens is 355 g/mol. The molecule has 0 saturated heterocycles. The lowest BCUT2D eigenvalue weighted by atomic mass is 10.1. The maximum atomic E-state index is 11.6. The van der Waals surface area contributed by atoms with E-state index >= 15 is 0 Å². The van der Waals surface area contributed by atoms with Crippen molar-refractivity contribution >= 4 is 34.7 Å². The van der Waals surface area contributed by atoms with E-state index in [1.54, 1.807) is 6.07 Å². The van der Waals surface area contributed by atoms with Gasteiger partial charge in [0, 0.05) is 0 Å². The summed E-state index contributed by atoms with van der Waals surface area (Å²) in [5.41, 5.74) is 4.61. The summed E-state index contributed by atoms with van der Waals surface area (Å²) in [6.07, 6.45) is 1.79. The summed E-state index contributed by atoms with van der Waals surface area (Å²) in [6, 6.07) is 11.5. The first-order chi connectivity index (χ1) is 9.13. The zero-order chi connectivity index (χ0) is 13.7. The molecule has 0 unspecified atom stereocenters. The van der Waals surface area contributed by atoms with E-state index < -0.39 is 0 Å². The minimum Gasteiger partial charge on any atom is -0.449 e. The van der Waals surface area contributed by atoms with E-state index in [0.29, 0.717) is 12.2 Å². The Morgan fingerprint density at radius 3 is 2.68 bits per heavy atom. The van der Waals surface area contributed by atoms with Gasteiger partial charge in [0.25, 0.3) is 0 Å².